The van der Waals surface area contributed by atoms with Crippen LogP contribution in [0, 0.1) is 12.8 Å². The molecule has 0 bridgehead atoms. The predicted molar refractivity (Wildman–Crippen MR) is 92.6 cm³/mol. The van der Waals surface area contributed by atoms with E-state index in [1.54, 1.807) is 6.92 Å². The fraction of sp³-hybridized carbons (Fsp3) is 0.526. The summed E-state index contributed by atoms with van der Waals surface area (Å²) >= 11 is 0. The zero-order valence-electron chi connectivity index (χ0n) is 14.8. The van der Waals surface area contributed by atoms with Crippen molar-refractivity contribution in [1.29, 1.82) is 0 Å². The summed E-state index contributed by atoms with van der Waals surface area (Å²) < 4.78 is 11.4. The van der Waals surface area contributed by atoms with E-state index in [0.29, 0.717) is 30.9 Å². The van der Waals surface area contributed by atoms with Crippen LogP contribution in [0.3, 0.4) is 0 Å². The summed E-state index contributed by atoms with van der Waals surface area (Å²) in [4.78, 5) is 11.1. The molecule has 1 saturated carbocycles. The zero-order chi connectivity index (χ0) is 17.6. The lowest BCUT2D eigenvalue weighted by molar-refractivity contribution is -0.119. The average molecular weight is 343 g/mol. The van der Waals surface area contributed by atoms with E-state index in [1.165, 1.54) is 5.56 Å². The number of benzene rings is 1. The summed E-state index contributed by atoms with van der Waals surface area (Å²) in [6.45, 7) is 4.49. The Balaban J connectivity index is 1.43. The van der Waals surface area contributed by atoms with Crippen molar-refractivity contribution in [1.82, 2.24) is 15.5 Å². The number of ether oxygens (including phenoxy) is 1. The number of rotatable bonds is 7. The molecular weight excluding hydrogens is 318 g/mol. The Morgan fingerprint density at radius 1 is 1.24 bits per heavy atom. The smallest absolute Gasteiger partial charge is 0.242 e. The lowest BCUT2D eigenvalue weighted by Gasteiger charge is -2.10. The second-order valence-corrected chi connectivity index (χ2v) is 6.79. The van der Waals surface area contributed by atoms with Crippen molar-refractivity contribution in [2.75, 3.05) is 0 Å². The molecule has 0 aliphatic heterocycles. The standard InChI is InChI=1S/C19H25N3O3/c1-13-5-3-4-6-16(13)11-24-12-19-22-21-18(25-19)10-15-7-8-17(9-15)20-14(2)23/h3-6,15,17H,7-12H2,1-2H3,(H,20,23)/t15-,17+/m1/s1. The normalized spacial score (nSPS) is 19.9. The number of carbonyl (C=O) groups is 1. The van der Waals surface area contributed by atoms with Gasteiger partial charge in [0.1, 0.15) is 6.61 Å². The van der Waals surface area contributed by atoms with Crippen molar-refractivity contribution in [2.24, 2.45) is 5.92 Å². The van der Waals surface area contributed by atoms with Crippen LogP contribution in [-0.2, 0) is 29.2 Å². The summed E-state index contributed by atoms with van der Waals surface area (Å²) in [6.07, 6.45) is 3.83. The third-order valence-corrected chi connectivity index (χ3v) is 4.66. The number of nitrogens with one attached hydrogen (secondary N) is 1. The topological polar surface area (TPSA) is 77.2 Å². The largest absolute Gasteiger partial charge is 0.423 e. The lowest BCUT2D eigenvalue weighted by Crippen LogP contribution is -2.30. The third-order valence-electron chi connectivity index (χ3n) is 4.66. The van der Waals surface area contributed by atoms with Crippen molar-refractivity contribution < 1.29 is 13.9 Å². The number of nitrogens with zero attached hydrogens (tertiary/aromatic N) is 2. The molecule has 2 aromatic rings. The van der Waals surface area contributed by atoms with Crippen LogP contribution < -0.4 is 5.32 Å². The van der Waals surface area contributed by atoms with Crippen LogP contribution in [0.4, 0.5) is 0 Å². The lowest BCUT2D eigenvalue weighted by atomic mass is 10.0. The molecule has 1 fully saturated rings. The highest BCUT2D eigenvalue weighted by Crippen LogP contribution is 2.28. The summed E-state index contributed by atoms with van der Waals surface area (Å²) in [5.74, 6) is 1.69. The molecule has 1 aromatic carbocycles. The molecule has 1 heterocycles. The number of amides is 1. The summed E-state index contributed by atoms with van der Waals surface area (Å²) in [5, 5.41) is 11.2. The molecule has 25 heavy (non-hydrogen) atoms. The van der Waals surface area contributed by atoms with Crippen molar-refractivity contribution in [2.45, 2.75) is 58.8 Å². The van der Waals surface area contributed by atoms with Crippen LogP contribution in [0.15, 0.2) is 28.7 Å². The summed E-state index contributed by atoms with van der Waals surface area (Å²) in [6, 6.07) is 8.43. The minimum absolute atomic E-state index is 0.0385. The first-order chi connectivity index (χ1) is 12.1. The van der Waals surface area contributed by atoms with Crippen LogP contribution in [0.1, 0.15) is 49.1 Å². The van der Waals surface area contributed by atoms with Crippen LogP contribution in [-0.4, -0.2) is 22.1 Å². The monoisotopic (exact) mass is 343 g/mol. The van der Waals surface area contributed by atoms with Crippen LogP contribution in [0.25, 0.3) is 0 Å². The molecule has 0 spiro atoms. The number of aromatic nitrogens is 2. The number of hydrogen-bond acceptors (Lipinski definition) is 5. The summed E-state index contributed by atoms with van der Waals surface area (Å²) in [7, 11) is 0. The van der Waals surface area contributed by atoms with E-state index in [0.717, 1.165) is 31.2 Å². The minimum Gasteiger partial charge on any atom is -0.423 e. The minimum atomic E-state index is 0.0385. The molecule has 1 aromatic heterocycles. The number of carbonyl (C=O) groups excluding carboxylic acids is 1. The molecule has 0 saturated heterocycles. The van der Waals surface area contributed by atoms with E-state index in [9.17, 15) is 4.79 Å². The van der Waals surface area contributed by atoms with Crippen LogP contribution in [0.2, 0.25) is 0 Å². The second-order valence-electron chi connectivity index (χ2n) is 6.79. The Morgan fingerprint density at radius 3 is 2.84 bits per heavy atom. The molecule has 0 radical (unpaired) electrons. The maximum Gasteiger partial charge on any atom is 0.242 e. The van der Waals surface area contributed by atoms with Gasteiger partial charge in [0.15, 0.2) is 0 Å². The quantitative estimate of drug-likeness (QED) is 0.836. The van der Waals surface area contributed by atoms with E-state index >= 15 is 0 Å². The van der Waals surface area contributed by atoms with Gasteiger partial charge in [-0.1, -0.05) is 24.3 Å². The Kier molecular flexibility index (Phi) is 5.81. The van der Waals surface area contributed by atoms with E-state index in [1.807, 2.05) is 12.1 Å². The first kappa shape index (κ1) is 17.6. The molecule has 1 aliphatic carbocycles. The first-order valence-electron chi connectivity index (χ1n) is 8.80. The van der Waals surface area contributed by atoms with Gasteiger partial charge < -0.3 is 14.5 Å². The highest BCUT2D eigenvalue weighted by atomic mass is 16.5. The second kappa shape index (κ2) is 8.25. The molecule has 0 unspecified atom stereocenters. The van der Waals surface area contributed by atoms with Gasteiger partial charge >= 0.3 is 0 Å². The van der Waals surface area contributed by atoms with Crippen LogP contribution >= 0.6 is 0 Å². The number of hydrogen-bond donors (Lipinski definition) is 1. The van der Waals surface area contributed by atoms with Crippen molar-refractivity contribution >= 4 is 5.91 Å². The van der Waals surface area contributed by atoms with E-state index in [4.69, 9.17) is 9.15 Å². The Morgan fingerprint density at radius 2 is 2.04 bits per heavy atom. The molecule has 1 N–H and O–H groups in total. The van der Waals surface area contributed by atoms with Crippen molar-refractivity contribution in [3.05, 3.63) is 47.2 Å². The maximum absolute atomic E-state index is 11.1. The van der Waals surface area contributed by atoms with Crippen molar-refractivity contribution in [3.8, 4) is 0 Å². The van der Waals surface area contributed by atoms with Gasteiger partial charge in [0.2, 0.25) is 17.7 Å². The molecule has 6 heteroatoms. The van der Waals surface area contributed by atoms with E-state index < -0.39 is 0 Å². The fourth-order valence-electron chi connectivity index (χ4n) is 3.38. The van der Waals surface area contributed by atoms with E-state index in [2.05, 4.69) is 34.6 Å². The molecule has 1 amide bonds. The van der Waals surface area contributed by atoms with Gasteiger partial charge in [-0.05, 0) is 43.2 Å². The van der Waals surface area contributed by atoms with Gasteiger partial charge in [0.05, 0.1) is 6.61 Å². The fourth-order valence-corrected chi connectivity index (χ4v) is 3.38. The molecule has 2 atom stereocenters. The molecule has 134 valence electrons. The van der Waals surface area contributed by atoms with Gasteiger partial charge in [-0.2, -0.15) is 0 Å². The average Bonchev–Trinajstić information content (AvgIpc) is 3.19. The molecule has 6 nitrogen and oxygen atoms in total. The van der Waals surface area contributed by atoms with Gasteiger partial charge in [0.25, 0.3) is 0 Å². The Labute approximate surface area is 148 Å². The maximum atomic E-state index is 11.1. The van der Waals surface area contributed by atoms with Gasteiger partial charge in [-0.15, -0.1) is 10.2 Å². The Bertz CT molecular complexity index is 713. The zero-order valence-corrected chi connectivity index (χ0v) is 14.8. The molecule has 1 aliphatic rings. The molecule has 3 rings (SSSR count). The predicted octanol–water partition coefficient (Wildman–Crippen LogP) is 2.94. The summed E-state index contributed by atoms with van der Waals surface area (Å²) in [5.41, 5.74) is 2.38. The van der Waals surface area contributed by atoms with Gasteiger partial charge in [-0.25, -0.2) is 0 Å². The third kappa shape index (κ3) is 5.13. The van der Waals surface area contributed by atoms with E-state index in [-0.39, 0.29) is 11.9 Å². The first-order valence-corrected chi connectivity index (χ1v) is 8.80. The highest BCUT2D eigenvalue weighted by molar-refractivity contribution is 5.73. The van der Waals surface area contributed by atoms with Gasteiger partial charge in [-0.3, -0.25) is 4.79 Å². The van der Waals surface area contributed by atoms with Crippen LogP contribution in [0.5, 0.6) is 0 Å². The Hall–Kier alpha value is -2.21. The van der Waals surface area contributed by atoms with Crippen molar-refractivity contribution in [3.63, 3.8) is 0 Å². The molecular formula is C19H25N3O3. The van der Waals surface area contributed by atoms with Gasteiger partial charge in [0, 0.05) is 19.4 Å². The highest BCUT2D eigenvalue weighted by Gasteiger charge is 2.26. The number of aryl methyl sites for hydroxylation is 1. The SMILES string of the molecule is CC(=O)N[C@H]1CC[C@@H](Cc2nnc(COCc3ccccc3C)o2)C1.